The standard InChI is InChI=1S/C27H30N4O5/c1-17(2)24(31-25(32)18-13-22(35-3)16-23(14-18)36-4)26(33)28-20-11-8-12-21(15-20)30-27(34)29-19-9-6-5-7-10-19/h5-17,24H,1-4H3,(H,28,33)(H,31,32)(H2,29,30,34). The highest BCUT2D eigenvalue weighted by Gasteiger charge is 2.25. The zero-order chi connectivity index (χ0) is 26.1. The Morgan fingerprint density at radius 2 is 1.25 bits per heavy atom. The molecule has 0 aliphatic rings. The van der Waals surface area contributed by atoms with Crippen molar-refractivity contribution in [1.29, 1.82) is 0 Å². The summed E-state index contributed by atoms with van der Waals surface area (Å²) in [7, 11) is 2.99. The minimum absolute atomic E-state index is 0.195. The van der Waals surface area contributed by atoms with E-state index in [0.29, 0.717) is 34.1 Å². The predicted octanol–water partition coefficient (Wildman–Crippen LogP) is 4.74. The second-order valence-corrected chi connectivity index (χ2v) is 8.31. The number of para-hydroxylation sites is 1. The van der Waals surface area contributed by atoms with Crippen LogP contribution in [-0.2, 0) is 4.79 Å². The fourth-order valence-corrected chi connectivity index (χ4v) is 3.41. The molecule has 36 heavy (non-hydrogen) atoms. The molecule has 0 heterocycles. The Balaban J connectivity index is 1.67. The van der Waals surface area contributed by atoms with Gasteiger partial charge < -0.3 is 30.7 Å². The highest BCUT2D eigenvalue weighted by atomic mass is 16.5. The van der Waals surface area contributed by atoms with Crippen LogP contribution in [0.15, 0.2) is 72.8 Å². The van der Waals surface area contributed by atoms with E-state index in [-0.39, 0.29) is 11.8 Å². The van der Waals surface area contributed by atoms with Crippen molar-refractivity contribution in [2.75, 3.05) is 30.2 Å². The maximum Gasteiger partial charge on any atom is 0.323 e. The molecule has 3 rings (SSSR count). The van der Waals surface area contributed by atoms with Gasteiger partial charge in [-0.15, -0.1) is 0 Å². The number of carbonyl (C=O) groups is 3. The lowest BCUT2D eigenvalue weighted by Crippen LogP contribution is -2.47. The summed E-state index contributed by atoms with van der Waals surface area (Å²) < 4.78 is 10.4. The molecule has 4 amide bonds. The molecular weight excluding hydrogens is 460 g/mol. The quantitative estimate of drug-likeness (QED) is 0.346. The van der Waals surface area contributed by atoms with Crippen LogP contribution in [0.2, 0.25) is 0 Å². The smallest absolute Gasteiger partial charge is 0.323 e. The molecule has 0 aliphatic heterocycles. The molecule has 0 fully saturated rings. The van der Waals surface area contributed by atoms with Gasteiger partial charge in [-0.05, 0) is 48.4 Å². The van der Waals surface area contributed by atoms with E-state index in [1.54, 1.807) is 54.6 Å². The van der Waals surface area contributed by atoms with Crippen LogP contribution < -0.4 is 30.7 Å². The van der Waals surface area contributed by atoms with Gasteiger partial charge in [-0.2, -0.15) is 0 Å². The molecule has 1 atom stereocenters. The van der Waals surface area contributed by atoms with Gasteiger partial charge in [0.05, 0.1) is 14.2 Å². The maximum atomic E-state index is 13.1. The van der Waals surface area contributed by atoms with Crippen LogP contribution in [0.3, 0.4) is 0 Å². The van der Waals surface area contributed by atoms with Crippen LogP contribution in [0.1, 0.15) is 24.2 Å². The Morgan fingerprint density at radius 1 is 0.694 bits per heavy atom. The number of methoxy groups -OCH3 is 2. The topological polar surface area (TPSA) is 118 Å². The SMILES string of the molecule is COc1cc(OC)cc(C(=O)NC(C(=O)Nc2cccc(NC(=O)Nc3ccccc3)c2)C(C)C)c1. The third kappa shape index (κ3) is 7.23. The predicted molar refractivity (Wildman–Crippen MR) is 140 cm³/mol. The average molecular weight is 491 g/mol. The van der Waals surface area contributed by atoms with Gasteiger partial charge in [-0.25, -0.2) is 4.79 Å². The Hall–Kier alpha value is -4.53. The first-order valence-electron chi connectivity index (χ1n) is 11.4. The molecule has 0 aliphatic carbocycles. The van der Waals surface area contributed by atoms with Crippen LogP contribution in [0.5, 0.6) is 11.5 Å². The summed E-state index contributed by atoms with van der Waals surface area (Å²) >= 11 is 0. The molecule has 9 heteroatoms. The number of nitrogens with one attached hydrogen (secondary N) is 4. The number of amides is 4. The summed E-state index contributed by atoms with van der Waals surface area (Å²) in [4.78, 5) is 38.3. The van der Waals surface area contributed by atoms with Crippen molar-refractivity contribution >= 4 is 34.9 Å². The van der Waals surface area contributed by atoms with Gasteiger partial charge in [0, 0.05) is 28.7 Å². The van der Waals surface area contributed by atoms with Crippen molar-refractivity contribution in [1.82, 2.24) is 5.32 Å². The maximum absolute atomic E-state index is 13.1. The zero-order valence-electron chi connectivity index (χ0n) is 20.6. The molecule has 3 aromatic rings. The van der Waals surface area contributed by atoms with Crippen molar-refractivity contribution < 1.29 is 23.9 Å². The minimum Gasteiger partial charge on any atom is -0.497 e. The first-order valence-corrected chi connectivity index (χ1v) is 11.4. The molecule has 0 aromatic heterocycles. The summed E-state index contributed by atoms with van der Waals surface area (Å²) in [6.07, 6.45) is 0. The molecule has 0 bridgehead atoms. The molecule has 9 nitrogen and oxygen atoms in total. The van der Waals surface area contributed by atoms with Gasteiger partial charge in [0.15, 0.2) is 0 Å². The van der Waals surface area contributed by atoms with Crippen LogP contribution in [-0.4, -0.2) is 38.1 Å². The van der Waals surface area contributed by atoms with Crippen LogP contribution in [0.4, 0.5) is 21.9 Å². The molecular formula is C27H30N4O5. The van der Waals surface area contributed by atoms with Crippen LogP contribution >= 0.6 is 0 Å². The van der Waals surface area contributed by atoms with Gasteiger partial charge in [0.1, 0.15) is 17.5 Å². The number of benzene rings is 3. The minimum atomic E-state index is -0.812. The second-order valence-electron chi connectivity index (χ2n) is 8.31. The summed E-state index contributed by atoms with van der Waals surface area (Å²) in [6, 6.07) is 19.4. The van der Waals surface area contributed by atoms with E-state index in [0.717, 1.165) is 0 Å². The Bertz CT molecular complexity index is 1190. The lowest BCUT2D eigenvalue weighted by Gasteiger charge is -2.22. The van der Waals surface area contributed by atoms with Gasteiger partial charge in [-0.3, -0.25) is 9.59 Å². The zero-order valence-corrected chi connectivity index (χ0v) is 20.6. The first-order chi connectivity index (χ1) is 17.3. The summed E-state index contributed by atoms with van der Waals surface area (Å²) in [5, 5.41) is 11.1. The molecule has 0 radical (unpaired) electrons. The number of ether oxygens (including phenoxy) is 2. The Labute approximate surface area is 210 Å². The highest BCUT2D eigenvalue weighted by Crippen LogP contribution is 2.23. The number of anilines is 3. The summed E-state index contributed by atoms with van der Waals surface area (Å²) in [6.45, 7) is 3.67. The van der Waals surface area contributed by atoms with Crippen molar-refractivity contribution in [3.63, 3.8) is 0 Å². The fraction of sp³-hybridized carbons (Fsp3) is 0.222. The monoisotopic (exact) mass is 490 g/mol. The molecule has 0 saturated carbocycles. The van der Waals surface area contributed by atoms with Crippen molar-refractivity contribution in [2.45, 2.75) is 19.9 Å². The number of hydrogen-bond acceptors (Lipinski definition) is 5. The van der Waals surface area contributed by atoms with Crippen molar-refractivity contribution in [2.24, 2.45) is 5.92 Å². The summed E-state index contributed by atoms with van der Waals surface area (Å²) in [5.74, 6) is -0.0936. The van der Waals surface area contributed by atoms with E-state index < -0.39 is 18.0 Å². The Morgan fingerprint density at radius 3 is 1.83 bits per heavy atom. The van der Waals surface area contributed by atoms with Gasteiger partial charge >= 0.3 is 6.03 Å². The van der Waals surface area contributed by atoms with E-state index in [1.165, 1.54) is 14.2 Å². The van der Waals surface area contributed by atoms with E-state index in [1.807, 2.05) is 32.0 Å². The van der Waals surface area contributed by atoms with Gasteiger partial charge in [0.25, 0.3) is 5.91 Å². The number of hydrogen-bond donors (Lipinski definition) is 4. The van der Waals surface area contributed by atoms with E-state index >= 15 is 0 Å². The van der Waals surface area contributed by atoms with Crippen molar-refractivity contribution in [3.8, 4) is 11.5 Å². The number of carbonyl (C=O) groups excluding carboxylic acids is 3. The van der Waals surface area contributed by atoms with Crippen LogP contribution in [0.25, 0.3) is 0 Å². The van der Waals surface area contributed by atoms with Gasteiger partial charge in [0.2, 0.25) is 5.91 Å². The van der Waals surface area contributed by atoms with Gasteiger partial charge in [-0.1, -0.05) is 38.1 Å². The lowest BCUT2D eigenvalue weighted by atomic mass is 10.0. The van der Waals surface area contributed by atoms with Crippen molar-refractivity contribution in [3.05, 3.63) is 78.4 Å². The molecule has 0 saturated heterocycles. The number of urea groups is 1. The molecule has 0 spiro atoms. The second kappa shape index (κ2) is 12.3. The lowest BCUT2D eigenvalue weighted by molar-refractivity contribution is -0.118. The Kier molecular flexibility index (Phi) is 8.88. The van der Waals surface area contributed by atoms with E-state index in [2.05, 4.69) is 21.3 Å². The summed E-state index contributed by atoms with van der Waals surface area (Å²) in [5.41, 5.74) is 1.93. The molecule has 3 aromatic carbocycles. The highest BCUT2D eigenvalue weighted by molar-refractivity contribution is 6.03. The third-order valence-electron chi connectivity index (χ3n) is 5.27. The first kappa shape index (κ1) is 26.1. The fourth-order valence-electron chi connectivity index (χ4n) is 3.41. The third-order valence-corrected chi connectivity index (χ3v) is 5.27. The molecule has 1 unspecified atom stereocenters. The number of rotatable bonds is 9. The normalized spacial score (nSPS) is 11.2. The molecule has 4 N–H and O–H groups in total. The largest absolute Gasteiger partial charge is 0.497 e. The molecule has 188 valence electrons. The van der Waals surface area contributed by atoms with E-state index in [9.17, 15) is 14.4 Å². The average Bonchev–Trinajstić information content (AvgIpc) is 2.87. The van der Waals surface area contributed by atoms with Crippen LogP contribution in [0, 0.1) is 5.92 Å². The van der Waals surface area contributed by atoms with E-state index in [4.69, 9.17) is 9.47 Å².